The minimum Gasteiger partial charge on any atom is -0.346 e. The smallest absolute Gasteiger partial charge is 0.346 e. The summed E-state index contributed by atoms with van der Waals surface area (Å²) >= 11 is 0. The summed E-state index contributed by atoms with van der Waals surface area (Å²) in [6, 6.07) is 5.18. The number of aromatic amines is 1. The first-order chi connectivity index (χ1) is 14.3. The van der Waals surface area contributed by atoms with Gasteiger partial charge in [0.15, 0.2) is 0 Å². The zero-order valence-electron chi connectivity index (χ0n) is 16.7. The highest BCUT2D eigenvalue weighted by atomic mass is 19.4. The molecule has 7 heteroatoms. The molecule has 0 spiro atoms. The van der Waals surface area contributed by atoms with Crippen molar-refractivity contribution in [2.45, 2.75) is 39.3 Å². The van der Waals surface area contributed by atoms with Crippen LogP contribution in [0.3, 0.4) is 0 Å². The van der Waals surface area contributed by atoms with Gasteiger partial charge in [-0.2, -0.15) is 13.2 Å². The van der Waals surface area contributed by atoms with Crippen LogP contribution in [0.2, 0.25) is 0 Å². The van der Waals surface area contributed by atoms with E-state index in [1.54, 1.807) is 6.20 Å². The minimum atomic E-state index is -4.38. The average Bonchev–Trinajstić information content (AvgIpc) is 3.09. The maximum Gasteiger partial charge on any atom is 0.416 e. The third-order valence-electron chi connectivity index (χ3n) is 5.23. The van der Waals surface area contributed by atoms with E-state index in [-0.39, 0.29) is 12.0 Å². The van der Waals surface area contributed by atoms with Crippen LogP contribution in [-0.2, 0) is 25.4 Å². The number of nitrogens with zero attached hydrogens (tertiary/aromatic N) is 3. The summed E-state index contributed by atoms with van der Waals surface area (Å²) in [4.78, 5) is 16.0. The zero-order chi connectivity index (χ0) is 21.3. The number of aryl methyl sites for hydroxylation is 4. The van der Waals surface area contributed by atoms with Gasteiger partial charge in [-0.05, 0) is 66.6 Å². The fourth-order valence-electron chi connectivity index (χ4n) is 3.70. The van der Waals surface area contributed by atoms with Crippen LogP contribution in [0.15, 0.2) is 49.2 Å². The Morgan fingerprint density at radius 1 is 0.967 bits per heavy atom. The predicted octanol–water partition coefficient (Wildman–Crippen LogP) is 5.36. The highest BCUT2D eigenvalue weighted by Crippen LogP contribution is 2.32. The lowest BCUT2D eigenvalue weighted by Crippen LogP contribution is -2.10. The number of hydrogen-bond donors (Lipinski definition) is 1. The molecule has 0 saturated heterocycles. The number of halogens is 3. The van der Waals surface area contributed by atoms with E-state index in [1.165, 1.54) is 12.4 Å². The summed E-state index contributed by atoms with van der Waals surface area (Å²) < 4.78 is 39.5. The largest absolute Gasteiger partial charge is 0.416 e. The molecule has 0 fully saturated rings. The Labute approximate surface area is 172 Å². The Bertz CT molecular complexity index is 1190. The highest BCUT2D eigenvalue weighted by molar-refractivity contribution is 5.80. The van der Waals surface area contributed by atoms with Crippen LogP contribution < -0.4 is 0 Å². The molecule has 4 rings (SSSR count). The number of H-pyrrole nitrogens is 1. The van der Waals surface area contributed by atoms with Crippen molar-refractivity contribution in [2.24, 2.45) is 0 Å². The van der Waals surface area contributed by atoms with Crippen molar-refractivity contribution in [2.75, 3.05) is 0 Å². The van der Waals surface area contributed by atoms with Crippen LogP contribution in [0.25, 0.3) is 11.0 Å². The van der Waals surface area contributed by atoms with E-state index < -0.39 is 11.7 Å². The fraction of sp³-hybridized carbons (Fsp3) is 0.261. The molecule has 0 saturated carbocycles. The van der Waals surface area contributed by atoms with Gasteiger partial charge in [-0.25, -0.2) is 4.98 Å². The Morgan fingerprint density at radius 2 is 1.80 bits per heavy atom. The Morgan fingerprint density at radius 3 is 2.57 bits per heavy atom. The van der Waals surface area contributed by atoms with E-state index in [2.05, 4.69) is 32.1 Å². The molecule has 0 radical (unpaired) electrons. The van der Waals surface area contributed by atoms with Crippen molar-refractivity contribution in [3.63, 3.8) is 0 Å². The first kappa shape index (κ1) is 20.1. The van der Waals surface area contributed by atoms with Gasteiger partial charge in [0.05, 0.1) is 5.56 Å². The molecule has 0 aliphatic rings. The lowest BCUT2D eigenvalue weighted by molar-refractivity contribution is -0.138. The maximum atomic E-state index is 13.2. The summed E-state index contributed by atoms with van der Waals surface area (Å²) in [5.74, 6) is 0. The lowest BCUT2D eigenvalue weighted by Gasteiger charge is -2.13. The third-order valence-corrected chi connectivity index (χ3v) is 5.23. The number of aromatic nitrogens is 4. The predicted molar refractivity (Wildman–Crippen MR) is 109 cm³/mol. The van der Waals surface area contributed by atoms with Crippen molar-refractivity contribution < 1.29 is 13.2 Å². The SMILES string of the molecule is Cc1cnc2[nH]cc(Cc3cnc(CCc4cnccc4C(F)(F)F)c(C)c3)c2c1. The number of rotatable bonds is 5. The number of nitrogens with one attached hydrogen (secondary N) is 1. The van der Waals surface area contributed by atoms with E-state index in [9.17, 15) is 13.2 Å². The number of pyridine rings is 3. The Balaban J connectivity index is 1.51. The minimum absolute atomic E-state index is 0.192. The summed E-state index contributed by atoms with van der Waals surface area (Å²) in [5.41, 5.74) is 5.48. The first-order valence-electron chi connectivity index (χ1n) is 9.68. The van der Waals surface area contributed by atoms with Crippen LogP contribution in [-0.4, -0.2) is 19.9 Å². The van der Waals surface area contributed by atoms with Gasteiger partial charge in [0.1, 0.15) is 5.65 Å². The van der Waals surface area contributed by atoms with Gasteiger partial charge >= 0.3 is 6.18 Å². The molecule has 4 aromatic rings. The zero-order valence-corrected chi connectivity index (χ0v) is 16.7. The molecule has 4 heterocycles. The summed E-state index contributed by atoms with van der Waals surface area (Å²) in [6.45, 7) is 3.96. The van der Waals surface area contributed by atoms with Crippen LogP contribution in [0.1, 0.15) is 39.1 Å². The van der Waals surface area contributed by atoms with E-state index in [0.717, 1.165) is 45.0 Å². The van der Waals surface area contributed by atoms with Crippen molar-refractivity contribution >= 4 is 11.0 Å². The van der Waals surface area contributed by atoms with Gasteiger partial charge in [-0.3, -0.25) is 9.97 Å². The number of hydrogen-bond acceptors (Lipinski definition) is 3. The third kappa shape index (κ3) is 4.20. The molecule has 1 N–H and O–H groups in total. The normalized spacial score (nSPS) is 11.9. The second-order valence-corrected chi connectivity index (χ2v) is 7.54. The van der Waals surface area contributed by atoms with Crippen LogP contribution in [0.4, 0.5) is 13.2 Å². The quantitative estimate of drug-likeness (QED) is 0.482. The molecule has 0 atom stereocenters. The molecular weight excluding hydrogens is 389 g/mol. The molecule has 4 aromatic heterocycles. The second kappa shape index (κ2) is 7.89. The van der Waals surface area contributed by atoms with Crippen molar-refractivity contribution in [1.29, 1.82) is 0 Å². The highest BCUT2D eigenvalue weighted by Gasteiger charge is 2.33. The van der Waals surface area contributed by atoms with Crippen molar-refractivity contribution in [3.8, 4) is 0 Å². The fourth-order valence-corrected chi connectivity index (χ4v) is 3.70. The van der Waals surface area contributed by atoms with Gasteiger partial charge in [0.25, 0.3) is 0 Å². The van der Waals surface area contributed by atoms with Gasteiger partial charge in [-0.1, -0.05) is 6.07 Å². The summed E-state index contributed by atoms with van der Waals surface area (Å²) in [7, 11) is 0. The van der Waals surface area contributed by atoms with E-state index in [0.29, 0.717) is 12.8 Å². The molecule has 30 heavy (non-hydrogen) atoms. The monoisotopic (exact) mass is 410 g/mol. The van der Waals surface area contributed by atoms with Crippen LogP contribution in [0.5, 0.6) is 0 Å². The van der Waals surface area contributed by atoms with E-state index >= 15 is 0 Å². The van der Waals surface area contributed by atoms with Gasteiger partial charge < -0.3 is 4.98 Å². The van der Waals surface area contributed by atoms with Gasteiger partial charge in [-0.15, -0.1) is 0 Å². The Hall–Kier alpha value is -3.22. The molecule has 154 valence electrons. The lowest BCUT2D eigenvalue weighted by atomic mass is 10.00. The van der Waals surface area contributed by atoms with Crippen LogP contribution >= 0.6 is 0 Å². The molecule has 4 nitrogen and oxygen atoms in total. The molecule has 0 aliphatic heterocycles. The van der Waals surface area contributed by atoms with E-state index in [4.69, 9.17) is 0 Å². The van der Waals surface area contributed by atoms with Gasteiger partial charge in [0.2, 0.25) is 0 Å². The average molecular weight is 410 g/mol. The summed E-state index contributed by atoms with van der Waals surface area (Å²) in [5, 5.41) is 1.09. The first-order valence-corrected chi connectivity index (χ1v) is 9.68. The van der Waals surface area contributed by atoms with Crippen molar-refractivity contribution in [1.82, 2.24) is 19.9 Å². The second-order valence-electron chi connectivity index (χ2n) is 7.54. The van der Waals surface area contributed by atoms with E-state index in [1.807, 2.05) is 26.2 Å². The molecule has 0 aromatic carbocycles. The molecule has 0 bridgehead atoms. The maximum absolute atomic E-state index is 13.2. The standard InChI is InChI=1S/C23H21F3N4/c1-14-7-19-18(13-30-22(19)29-10-14)9-16-8-15(2)21(28-11-16)4-3-17-12-27-6-5-20(17)23(24,25)26/h5-8,10-13H,3-4,9H2,1-2H3,(H,29,30). The number of alkyl halides is 3. The Kier molecular flexibility index (Phi) is 5.28. The molecular formula is C23H21F3N4. The van der Waals surface area contributed by atoms with Gasteiger partial charge in [0, 0.05) is 48.5 Å². The number of fused-ring (bicyclic) bond motifs is 1. The molecule has 0 amide bonds. The molecule has 0 unspecified atom stereocenters. The van der Waals surface area contributed by atoms with Crippen molar-refractivity contribution in [3.05, 3.63) is 88.3 Å². The topological polar surface area (TPSA) is 54.5 Å². The van der Waals surface area contributed by atoms with Crippen LogP contribution in [0, 0.1) is 13.8 Å². The summed E-state index contributed by atoms with van der Waals surface area (Å²) in [6.07, 6.45) is 5.05. The molecule has 0 aliphatic carbocycles.